The lowest BCUT2D eigenvalue weighted by atomic mass is 10.1. The third-order valence-corrected chi connectivity index (χ3v) is 3.46. The van der Waals surface area contributed by atoms with Crippen LogP contribution in [-0.2, 0) is 11.3 Å². The molecule has 0 bridgehead atoms. The van der Waals surface area contributed by atoms with Crippen LogP contribution in [0.3, 0.4) is 0 Å². The van der Waals surface area contributed by atoms with E-state index in [1.54, 1.807) is 18.6 Å². The van der Waals surface area contributed by atoms with E-state index in [0.29, 0.717) is 0 Å². The molecule has 1 aromatic carbocycles. The lowest BCUT2D eigenvalue weighted by Gasteiger charge is -2.03. The Morgan fingerprint density at radius 2 is 2.33 bits per heavy atom. The predicted octanol–water partition coefficient (Wildman–Crippen LogP) is 2.82. The van der Waals surface area contributed by atoms with Gasteiger partial charge in [-0.15, -0.1) is 0 Å². The minimum Gasteiger partial charge on any atom is -0.478 e. The van der Waals surface area contributed by atoms with Crippen molar-refractivity contribution in [1.82, 2.24) is 14.5 Å². The second-order valence-corrected chi connectivity index (χ2v) is 4.94. The van der Waals surface area contributed by atoms with E-state index in [1.165, 1.54) is 5.56 Å². The van der Waals surface area contributed by atoms with Crippen LogP contribution in [0, 0.1) is 6.92 Å². The van der Waals surface area contributed by atoms with Gasteiger partial charge < -0.3 is 14.7 Å². The van der Waals surface area contributed by atoms with Gasteiger partial charge in [0.15, 0.2) is 0 Å². The maximum atomic E-state index is 10.6. The highest BCUT2D eigenvalue weighted by atomic mass is 16.4. The summed E-state index contributed by atoms with van der Waals surface area (Å²) in [5.41, 5.74) is 4.22. The quantitative estimate of drug-likeness (QED) is 0.722. The summed E-state index contributed by atoms with van der Waals surface area (Å²) in [5, 5.41) is 9.82. The number of carboxylic acid groups (broad SMARTS) is 1. The van der Waals surface area contributed by atoms with Crippen LogP contribution in [0.25, 0.3) is 17.0 Å². The van der Waals surface area contributed by atoms with Crippen molar-refractivity contribution >= 4 is 22.9 Å². The largest absolute Gasteiger partial charge is 0.478 e. The zero-order valence-corrected chi connectivity index (χ0v) is 11.6. The smallest absolute Gasteiger partial charge is 0.328 e. The molecule has 21 heavy (non-hydrogen) atoms. The maximum absolute atomic E-state index is 10.6. The number of H-pyrrole nitrogens is 1. The van der Waals surface area contributed by atoms with Gasteiger partial charge in [0, 0.05) is 40.6 Å². The molecule has 5 heteroatoms. The van der Waals surface area contributed by atoms with E-state index in [1.807, 2.05) is 35.9 Å². The number of aromatic amines is 1. The summed E-state index contributed by atoms with van der Waals surface area (Å²) in [6, 6.07) is 5.88. The van der Waals surface area contributed by atoms with Crippen LogP contribution in [0.2, 0.25) is 0 Å². The van der Waals surface area contributed by atoms with Crippen LogP contribution in [0.5, 0.6) is 0 Å². The number of carbonyl (C=O) groups is 1. The number of carboxylic acids is 1. The van der Waals surface area contributed by atoms with Gasteiger partial charge in [-0.25, -0.2) is 9.78 Å². The summed E-state index contributed by atoms with van der Waals surface area (Å²) < 4.78 is 2.01. The molecular formula is C16H15N3O2. The molecule has 0 fully saturated rings. The number of hydrogen-bond acceptors (Lipinski definition) is 2. The maximum Gasteiger partial charge on any atom is 0.328 e. The third-order valence-electron chi connectivity index (χ3n) is 3.46. The molecule has 0 spiro atoms. The van der Waals surface area contributed by atoms with Crippen molar-refractivity contribution in [1.29, 1.82) is 0 Å². The summed E-state index contributed by atoms with van der Waals surface area (Å²) in [6.07, 6.45) is 8.21. The minimum absolute atomic E-state index is 0.734. The van der Waals surface area contributed by atoms with Gasteiger partial charge >= 0.3 is 5.97 Å². The van der Waals surface area contributed by atoms with Crippen LogP contribution in [0.15, 0.2) is 43.0 Å². The topological polar surface area (TPSA) is 70.9 Å². The van der Waals surface area contributed by atoms with Crippen molar-refractivity contribution in [3.05, 3.63) is 59.8 Å². The second-order valence-electron chi connectivity index (χ2n) is 4.94. The molecule has 0 saturated carbocycles. The number of hydrogen-bond donors (Lipinski definition) is 2. The molecule has 2 heterocycles. The number of imidazole rings is 1. The Labute approximate surface area is 121 Å². The number of rotatable bonds is 4. The Morgan fingerprint density at radius 3 is 3.05 bits per heavy atom. The summed E-state index contributed by atoms with van der Waals surface area (Å²) in [5.74, 6) is -0.945. The zero-order chi connectivity index (χ0) is 14.8. The Bertz CT molecular complexity index is 814. The Balaban J connectivity index is 2.04. The molecule has 3 aromatic rings. The van der Waals surface area contributed by atoms with Gasteiger partial charge in [0.1, 0.15) is 0 Å². The average molecular weight is 281 g/mol. The van der Waals surface area contributed by atoms with Gasteiger partial charge in [-0.3, -0.25) is 0 Å². The standard InChI is InChI=1S/C16H15N3O2/c1-11-14(9-19-7-6-17-10-19)13-8-12(3-5-16(20)21)2-4-15(13)18-11/h2-8,10,18H,9H2,1H3,(H,20,21)/b5-3+. The highest BCUT2D eigenvalue weighted by molar-refractivity contribution is 5.89. The lowest BCUT2D eigenvalue weighted by Crippen LogP contribution is -1.97. The van der Waals surface area contributed by atoms with Gasteiger partial charge in [0.05, 0.1) is 12.9 Å². The van der Waals surface area contributed by atoms with E-state index in [-0.39, 0.29) is 0 Å². The average Bonchev–Trinajstić information content (AvgIpc) is 3.06. The van der Waals surface area contributed by atoms with Crippen molar-refractivity contribution in [2.75, 3.05) is 0 Å². The molecule has 5 nitrogen and oxygen atoms in total. The Hall–Kier alpha value is -2.82. The van der Waals surface area contributed by atoms with Crippen molar-refractivity contribution in [3.8, 4) is 0 Å². The van der Waals surface area contributed by atoms with E-state index in [4.69, 9.17) is 5.11 Å². The Kier molecular flexibility index (Phi) is 3.31. The molecule has 0 aliphatic rings. The van der Waals surface area contributed by atoms with Crippen molar-refractivity contribution in [2.24, 2.45) is 0 Å². The number of aryl methyl sites for hydroxylation is 1. The number of fused-ring (bicyclic) bond motifs is 1. The van der Waals surface area contributed by atoms with Crippen LogP contribution in [-0.4, -0.2) is 25.6 Å². The number of nitrogens with zero attached hydrogens (tertiary/aromatic N) is 2. The molecular weight excluding hydrogens is 266 g/mol. The zero-order valence-electron chi connectivity index (χ0n) is 11.6. The first-order chi connectivity index (χ1) is 10.1. The van der Waals surface area contributed by atoms with Crippen molar-refractivity contribution < 1.29 is 9.90 Å². The summed E-state index contributed by atoms with van der Waals surface area (Å²) in [7, 11) is 0. The second kappa shape index (κ2) is 5.28. The van der Waals surface area contributed by atoms with Gasteiger partial charge in [0.25, 0.3) is 0 Å². The summed E-state index contributed by atoms with van der Waals surface area (Å²) in [4.78, 5) is 18.0. The highest BCUT2D eigenvalue weighted by Gasteiger charge is 2.09. The van der Waals surface area contributed by atoms with Crippen molar-refractivity contribution in [2.45, 2.75) is 13.5 Å². The minimum atomic E-state index is -0.945. The van der Waals surface area contributed by atoms with Gasteiger partial charge in [-0.05, 0) is 30.7 Å². The number of aromatic nitrogens is 3. The van der Waals surface area contributed by atoms with Crippen molar-refractivity contribution in [3.63, 3.8) is 0 Å². The predicted molar refractivity (Wildman–Crippen MR) is 81.0 cm³/mol. The lowest BCUT2D eigenvalue weighted by molar-refractivity contribution is -0.131. The van der Waals surface area contributed by atoms with Gasteiger partial charge in [-0.1, -0.05) is 6.07 Å². The third kappa shape index (κ3) is 2.72. The molecule has 3 rings (SSSR count). The molecule has 0 amide bonds. The molecule has 0 radical (unpaired) electrons. The fourth-order valence-electron chi connectivity index (χ4n) is 2.44. The molecule has 2 N–H and O–H groups in total. The molecule has 0 atom stereocenters. The number of aliphatic carboxylic acids is 1. The van der Waals surface area contributed by atoms with Crippen LogP contribution in [0.1, 0.15) is 16.8 Å². The SMILES string of the molecule is Cc1[nH]c2ccc(/C=C/C(=O)O)cc2c1Cn1ccnc1. The van der Waals surface area contributed by atoms with Crippen LogP contribution in [0.4, 0.5) is 0 Å². The number of nitrogens with one attached hydrogen (secondary N) is 1. The van der Waals surface area contributed by atoms with Gasteiger partial charge in [0.2, 0.25) is 0 Å². The van der Waals surface area contributed by atoms with Crippen LogP contribution >= 0.6 is 0 Å². The van der Waals surface area contributed by atoms with E-state index >= 15 is 0 Å². The first kappa shape index (κ1) is 13.2. The first-order valence-electron chi connectivity index (χ1n) is 6.61. The van der Waals surface area contributed by atoms with E-state index in [9.17, 15) is 4.79 Å². The highest BCUT2D eigenvalue weighted by Crippen LogP contribution is 2.24. The summed E-state index contributed by atoms with van der Waals surface area (Å²) in [6.45, 7) is 2.77. The molecule has 0 unspecified atom stereocenters. The van der Waals surface area contributed by atoms with E-state index in [2.05, 4.69) is 9.97 Å². The normalized spacial score (nSPS) is 11.5. The summed E-state index contributed by atoms with van der Waals surface area (Å²) >= 11 is 0. The van der Waals surface area contributed by atoms with E-state index in [0.717, 1.165) is 34.8 Å². The first-order valence-corrected chi connectivity index (χ1v) is 6.61. The van der Waals surface area contributed by atoms with Crippen LogP contribution < -0.4 is 0 Å². The van der Waals surface area contributed by atoms with E-state index < -0.39 is 5.97 Å². The fourth-order valence-corrected chi connectivity index (χ4v) is 2.44. The number of benzene rings is 1. The molecule has 106 valence electrons. The Morgan fingerprint density at radius 1 is 1.48 bits per heavy atom. The molecule has 2 aromatic heterocycles. The molecule has 0 aliphatic carbocycles. The fraction of sp³-hybridized carbons (Fsp3) is 0.125. The monoisotopic (exact) mass is 281 g/mol. The molecule has 0 saturated heterocycles. The van der Waals surface area contributed by atoms with Gasteiger partial charge in [-0.2, -0.15) is 0 Å². The molecule has 0 aliphatic heterocycles.